The third kappa shape index (κ3) is 2.47. The summed E-state index contributed by atoms with van der Waals surface area (Å²) in [4.78, 5) is 25.2. The molecule has 21 heavy (non-hydrogen) atoms. The maximum atomic E-state index is 12.9. The van der Waals surface area contributed by atoms with Gasteiger partial charge in [-0.15, -0.1) is 0 Å². The number of cyclic esters (lactones) is 1. The second-order valence-electron chi connectivity index (χ2n) is 5.33. The molecule has 1 atom stereocenters. The van der Waals surface area contributed by atoms with Gasteiger partial charge in [-0.3, -0.25) is 9.59 Å². The molecule has 1 fully saturated rings. The van der Waals surface area contributed by atoms with Crippen molar-refractivity contribution in [2.75, 3.05) is 6.61 Å². The molecule has 3 heteroatoms. The van der Waals surface area contributed by atoms with Crippen LogP contribution in [-0.2, 0) is 16.0 Å². The molecular weight excluding hydrogens is 264 g/mol. The zero-order valence-corrected chi connectivity index (χ0v) is 11.6. The number of benzene rings is 2. The summed E-state index contributed by atoms with van der Waals surface area (Å²) < 4.78 is 5.12. The number of rotatable bonds is 4. The fourth-order valence-corrected chi connectivity index (χ4v) is 2.82. The molecule has 1 aliphatic heterocycles. The van der Waals surface area contributed by atoms with E-state index in [2.05, 4.69) is 0 Å². The van der Waals surface area contributed by atoms with Crippen LogP contribution in [-0.4, -0.2) is 18.4 Å². The number of esters is 1. The number of carbonyl (C=O) groups is 2. The molecule has 3 rings (SSSR count). The van der Waals surface area contributed by atoms with Gasteiger partial charge in [-0.05, 0) is 12.0 Å². The van der Waals surface area contributed by atoms with Gasteiger partial charge in [0.2, 0.25) is 0 Å². The lowest BCUT2D eigenvalue weighted by atomic mass is 9.74. The number of ketones is 1. The predicted molar refractivity (Wildman–Crippen MR) is 78.9 cm³/mol. The molecule has 1 aliphatic rings. The number of hydrogen-bond donors (Lipinski definition) is 0. The first-order valence-electron chi connectivity index (χ1n) is 7.03. The van der Waals surface area contributed by atoms with E-state index in [1.54, 1.807) is 12.1 Å². The van der Waals surface area contributed by atoms with Gasteiger partial charge >= 0.3 is 5.97 Å². The Morgan fingerprint density at radius 3 is 2.19 bits per heavy atom. The number of hydrogen-bond acceptors (Lipinski definition) is 3. The maximum absolute atomic E-state index is 12.9. The Balaban J connectivity index is 1.98. The molecule has 0 saturated carbocycles. The van der Waals surface area contributed by atoms with E-state index >= 15 is 0 Å². The van der Waals surface area contributed by atoms with Crippen molar-refractivity contribution in [2.45, 2.75) is 12.8 Å². The average Bonchev–Trinajstić information content (AvgIpc) is 2.90. The summed E-state index contributed by atoms with van der Waals surface area (Å²) in [6.07, 6.45) is 0.828. The van der Waals surface area contributed by atoms with E-state index < -0.39 is 11.4 Å². The van der Waals surface area contributed by atoms with Crippen molar-refractivity contribution in [3.05, 3.63) is 71.8 Å². The van der Waals surface area contributed by atoms with E-state index in [-0.39, 0.29) is 5.78 Å². The normalized spacial score (nSPS) is 21.0. The molecule has 2 aromatic rings. The van der Waals surface area contributed by atoms with E-state index in [0.717, 1.165) is 5.56 Å². The van der Waals surface area contributed by atoms with Crippen LogP contribution in [0.1, 0.15) is 22.3 Å². The molecule has 1 heterocycles. The van der Waals surface area contributed by atoms with Crippen molar-refractivity contribution in [1.82, 2.24) is 0 Å². The molecule has 0 aromatic heterocycles. The smallest absolute Gasteiger partial charge is 0.320 e. The molecule has 106 valence electrons. The average molecular weight is 280 g/mol. The third-order valence-corrected chi connectivity index (χ3v) is 3.97. The van der Waals surface area contributed by atoms with Crippen LogP contribution in [0.25, 0.3) is 0 Å². The molecule has 0 bridgehead atoms. The quantitative estimate of drug-likeness (QED) is 0.491. The zero-order chi connectivity index (χ0) is 14.7. The molecule has 0 radical (unpaired) electrons. The summed E-state index contributed by atoms with van der Waals surface area (Å²) in [6.45, 7) is 0.310. The summed E-state index contributed by atoms with van der Waals surface area (Å²) in [5.41, 5.74) is 0.454. The van der Waals surface area contributed by atoms with Crippen LogP contribution in [0.15, 0.2) is 60.7 Å². The van der Waals surface area contributed by atoms with Crippen molar-refractivity contribution in [2.24, 2.45) is 5.41 Å². The summed E-state index contributed by atoms with van der Waals surface area (Å²) in [5, 5.41) is 0. The predicted octanol–water partition coefficient (Wildman–Crippen LogP) is 3.05. The SMILES string of the molecule is O=C1OCC[C@@]1(Cc1ccccc1)C(=O)c1ccccc1. The summed E-state index contributed by atoms with van der Waals surface area (Å²) in [5.74, 6) is -0.547. The Labute approximate surface area is 123 Å². The highest BCUT2D eigenvalue weighted by molar-refractivity contribution is 6.13. The van der Waals surface area contributed by atoms with Gasteiger partial charge in [0.1, 0.15) is 5.41 Å². The number of ether oxygens (including phenoxy) is 1. The zero-order valence-electron chi connectivity index (χ0n) is 11.6. The Morgan fingerprint density at radius 1 is 1.00 bits per heavy atom. The highest BCUT2D eigenvalue weighted by Crippen LogP contribution is 2.37. The molecule has 1 saturated heterocycles. The van der Waals surface area contributed by atoms with E-state index in [1.165, 1.54) is 0 Å². The summed E-state index contributed by atoms with van der Waals surface area (Å²) in [6, 6.07) is 18.6. The van der Waals surface area contributed by atoms with Crippen molar-refractivity contribution >= 4 is 11.8 Å². The Bertz CT molecular complexity index is 649. The summed E-state index contributed by atoms with van der Waals surface area (Å²) >= 11 is 0. The molecule has 0 unspecified atom stereocenters. The summed E-state index contributed by atoms with van der Waals surface area (Å²) in [7, 11) is 0. The highest BCUT2D eigenvalue weighted by atomic mass is 16.5. The standard InChI is InChI=1S/C18H16O3/c19-16(15-9-5-2-6-10-15)18(11-12-21-17(18)20)13-14-7-3-1-4-8-14/h1-10H,11-13H2/t18-/m1/s1. The van der Waals surface area contributed by atoms with Gasteiger partial charge < -0.3 is 4.74 Å². The fraction of sp³-hybridized carbons (Fsp3) is 0.222. The van der Waals surface area contributed by atoms with Gasteiger partial charge in [0.15, 0.2) is 5.78 Å². The first kappa shape index (κ1) is 13.6. The van der Waals surface area contributed by atoms with Gasteiger partial charge in [0.05, 0.1) is 6.61 Å². The van der Waals surface area contributed by atoms with Crippen molar-refractivity contribution in [3.63, 3.8) is 0 Å². The first-order valence-corrected chi connectivity index (χ1v) is 7.03. The van der Waals surface area contributed by atoms with Gasteiger partial charge in [0, 0.05) is 12.0 Å². The van der Waals surface area contributed by atoms with Crippen LogP contribution in [0.5, 0.6) is 0 Å². The lowest BCUT2D eigenvalue weighted by Crippen LogP contribution is -2.38. The largest absolute Gasteiger partial charge is 0.465 e. The Morgan fingerprint density at radius 2 is 1.62 bits per heavy atom. The fourth-order valence-electron chi connectivity index (χ4n) is 2.82. The lowest BCUT2D eigenvalue weighted by molar-refractivity contribution is -0.144. The van der Waals surface area contributed by atoms with E-state index in [0.29, 0.717) is 25.0 Å². The topological polar surface area (TPSA) is 43.4 Å². The van der Waals surface area contributed by atoms with Crippen LogP contribution >= 0.6 is 0 Å². The van der Waals surface area contributed by atoms with Crippen molar-refractivity contribution < 1.29 is 14.3 Å². The van der Waals surface area contributed by atoms with Crippen LogP contribution in [0.3, 0.4) is 0 Å². The Kier molecular flexibility index (Phi) is 3.57. The van der Waals surface area contributed by atoms with E-state index in [4.69, 9.17) is 4.74 Å². The second kappa shape index (κ2) is 5.52. The van der Waals surface area contributed by atoms with E-state index in [1.807, 2.05) is 48.5 Å². The van der Waals surface area contributed by atoms with Crippen LogP contribution in [0.4, 0.5) is 0 Å². The van der Waals surface area contributed by atoms with Gasteiger partial charge in [0.25, 0.3) is 0 Å². The lowest BCUT2D eigenvalue weighted by Gasteiger charge is -2.23. The first-order chi connectivity index (χ1) is 10.2. The monoisotopic (exact) mass is 280 g/mol. The molecule has 3 nitrogen and oxygen atoms in total. The van der Waals surface area contributed by atoms with Gasteiger partial charge in [-0.2, -0.15) is 0 Å². The van der Waals surface area contributed by atoms with E-state index in [9.17, 15) is 9.59 Å². The minimum absolute atomic E-state index is 0.144. The molecular formula is C18H16O3. The minimum Gasteiger partial charge on any atom is -0.465 e. The maximum Gasteiger partial charge on any atom is 0.320 e. The van der Waals surface area contributed by atoms with Crippen molar-refractivity contribution in [1.29, 1.82) is 0 Å². The van der Waals surface area contributed by atoms with Crippen LogP contribution in [0, 0.1) is 5.41 Å². The Hall–Kier alpha value is -2.42. The van der Waals surface area contributed by atoms with Gasteiger partial charge in [-0.1, -0.05) is 60.7 Å². The molecule has 0 aliphatic carbocycles. The second-order valence-corrected chi connectivity index (χ2v) is 5.33. The van der Waals surface area contributed by atoms with Crippen LogP contribution in [0.2, 0.25) is 0 Å². The molecule has 0 amide bonds. The van der Waals surface area contributed by atoms with Gasteiger partial charge in [-0.25, -0.2) is 0 Å². The number of carbonyl (C=O) groups excluding carboxylic acids is 2. The molecule has 0 N–H and O–H groups in total. The third-order valence-electron chi connectivity index (χ3n) is 3.97. The minimum atomic E-state index is -1.08. The number of Topliss-reactive ketones (excluding diaryl/α,β-unsaturated/α-hetero) is 1. The molecule has 0 spiro atoms. The molecule has 2 aromatic carbocycles. The van der Waals surface area contributed by atoms with Crippen LogP contribution < -0.4 is 0 Å². The van der Waals surface area contributed by atoms with Crippen molar-refractivity contribution in [3.8, 4) is 0 Å². The highest BCUT2D eigenvalue weighted by Gasteiger charge is 2.50.